The third-order valence-corrected chi connectivity index (χ3v) is 11.2. The second kappa shape index (κ2) is 13.2. The highest BCUT2D eigenvalue weighted by molar-refractivity contribution is 7.91. The van der Waals surface area contributed by atoms with Crippen molar-refractivity contribution in [3.05, 3.63) is 69.3 Å². The molecule has 2 N–H and O–H groups in total. The summed E-state index contributed by atoms with van der Waals surface area (Å²) >= 11 is 12.6. The number of piperidine rings is 1. The molecule has 5 rings (SSSR count). The van der Waals surface area contributed by atoms with Crippen molar-refractivity contribution in [2.24, 2.45) is 0 Å². The number of rotatable bonds is 8. The SMILES string of the molecule is O=C(NN1CCCCC1)c1nn(-c2ccc(Cl)cc2Cl)c(-c2ccc(C(F)(F)F)cc2)c1CNS(=O)(=O)N1CCS(=O)(=O)CC1. The monoisotopic (exact) mass is 708 g/mol. The van der Waals surface area contributed by atoms with Gasteiger partial charge in [-0.25, -0.2) is 18.1 Å². The third kappa shape index (κ3) is 7.81. The lowest BCUT2D eigenvalue weighted by Crippen LogP contribution is -2.48. The molecule has 244 valence electrons. The summed E-state index contributed by atoms with van der Waals surface area (Å²) in [5.74, 6) is -1.35. The quantitative estimate of drug-likeness (QED) is 0.361. The molecule has 45 heavy (non-hydrogen) atoms. The number of hydrazine groups is 1. The van der Waals surface area contributed by atoms with Gasteiger partial charge in [0.05, 0.1) is 33.5 Å². The number of aromatic nitrogens is 2. The molecule has 0 atom stereocenters. The molecule has 0 bridgehead atoms. The normalized spacial score (nSPS) is 18.2. The first-order chi connectivity index (χ1) is 21.1. The average molecular weight is 710 g/mol. The first-order valence-corrected chi connectivity index (χ1v) is 17.9. The number of alkyl halides is 3. The van der Waals surface area contributed by atoms with Crippen LogP contribution < -0.4 is 10.1 Å². The zero-order valence-electron chi connectivity index (χ0n) is 23.6. The van der Waals surface area contributed by atoms with E-state index in [0.717, 1.165) is 35.7 Å². The van der Waals surface area contributed by atoms with Gasteiger partial charge in [0.15, 0.2) is 15.5 Å². The number of hydrogen-bond acceptors (Lipinski definition) is 7. The van der Waals surface area contributed by atoms with Crippen LogP contribution in [0.1, 0.15) is 40.9 Å². The Bertz CT molecular complexity index is 1780. The van der Waals surface area contributed by atoms with Gasteiger partial charge in [-0.3, -0.25) is 10.2 Å². The molecular formula is C27H29Cl2F3N6O5S2. The third-order valence-electron chi connectivity index (χ3n) is 7.51. The van der Waals surface area contributed by atoms with E-state index in [1.54, 1.807) is 5.01 Å². The Kier molecular flexibility index (Phi) is 9.85. The fourth-order valence-electron chi connectivity index (χ4n) is 5.13. The molecule has 1 amide bonds. The summed E-state index contributed by atoms with van der Waals surface area (Å²) in [6, 6.07) is 8.58. The number of sulfone groups is 1. The minimum absolute atomic E-state index is 0.0588. The Hall–Kier alpha value is -2.73. The van der Waals surface area contributed by atoms with Gasteiger partial charge in [-0.05, 0) is 43.2 Å². The Morgan fingerprint density at radius 2 is 1.60 bits per heavy atom. The van der Waals surface area contributed by atoms with Gasteiger partial charge in [-0.15, -0.1) is 0 Å². The predicted molar refractivity (Wildman–Crippen MR) is 163 cm³/mol. The largest absolute Gasteiger partial charge is 0.416 e. The van der Waals surface area contributed by atoms with E-state index in [4.69, 9.17) is 23.2 Å². The van der Waals surface area contributed by atoms with E-state index in [1.807, 2.05) is 0 Å². The van der Waals surface area contributed by atoms with Gasteiger partial charge in [0, 0.05) is 48.9 Å². The van der Waals surface area contributed by atoms with Crippen molar-refractivity contribution in [2.75, 3.05) is 37.7 Å². The predicted octanol–water partition coefficient (Wildman–Crippen LogP) is 4.06. The standard InChI is InChI=1S/C27H29Cl2F3N6O5S2/c28-20-8-9-23(22(29)16-20)38-25(18-4-6-19(7-5-18)27(30,31)32)21(24(34-38)26(39)35-36-10-2-1-3-11-36)17-33-45(42,43)37-12-14-44(40,41)15-13-37/h4-9,16,33H,1-3,10-15,17H2,(H,35,39). The van der Waals surface area contributed by atoms with Crippen molar-refractivity contribution in [1.29, 1.82) is 0 Å². The summed E-state index contributed by atoms with van der Waals surface area (Å²) in [4.78, 5) is 13.7. The number of hydrogen-bond donors (Lipinski definition) is 2. The van der Waals surface area contributed by atoms with Gasteiger partial charge in [-0.1, -0.05) is 41.8 Å². The molecule has 11 nitrogen and oxygen atoms in total. The molecule has 0 unspecified atom stereocenters. The number of amides is 1. The highest BCUT2D eigenvalue weighted by Gasteiger charge is 2.34. The summed E-state index contributed by atoms with van der Waals surface area (Å²) in [7, 11) is -7.62. The van der Waals surface area contributed by atoms with Gasteiger partial charge in [0.25, 0.3) is 16.1 Å². The second-order valence-electron chi connectivity index (χ2n) is 10.6. The van der Waals surface area contributed by atoms with E-state index >= 15 is 0 Å². The lowest BCUT2D eigenvalue weighted by atomic mass is 10.0. The highest BCUT2D eigenvalue weighted by Crippen LogP contribution is 2.36. The van der Waals surface area contributed by atoms with Crippen LogP contribution in [-0.4, -0.2) is 79.5 Å². The first kappa shape index (κ1) is 33.6. The molecular weight excluding hydrogens is 680 g/mol. The summed E-state index contributed by atoms with van der Waals surface area (Å²) in [5.41, 5.74) is 2.30. The van der Waals surface area contributed by atoms with Crippen LogP contribution in [0.25, 0.3) is 16.9 Å². The molecule has 2 aliphatic rings. The first-order valence-electron chi connectivity index (χ1n) is 13.9. The van der Waals surface area contributed by atoms with Gasteiger partial charge in [0.2, 0.25) is 0 Å². The average Bonchev–Trinajstić information content (AvgIpc) is 3.35. The molecule has 3 heterocycles. The molecule has 2 saturated heterocycles. The van der Waals surface area contributed by atoms with Crippen LogP contribution in [0.2, 0.25) is 10.0 Å². The van der Waals surface area contributed by atoms with Crippen molar-refractivity contribution >= 4 is 49.2 Å². The second-order valence-corrected chi connectivity index (χ2v) is 15.5. The van der Waals surface area contributed by atoms with E-state index in [0.29, 0.717) is 18.1 Å². The Labute approximate surface area is 268 Å². The van der Waals surface area contributed by atoms with Crippen LogP contribution in [0.4, 0.5) is 13.2 Å². The molecule has 0 radical (unpaired) electrons. The maximum atomic E-state index is 13.7. The lowest BCUT2D eigenvalue weighted by molar-refractivity contribution is -0.137. The number of carbonyl (C=O) groups excluding carboxylic acids is 1. The van der Waals surface area contributed by atoms with Crippen molar-refractivity contribution in [3.8, 4) is 16.9 Å². The Morgan fingerprint density at radius 1 is 0.956 bits per heavy atom. The number of nitrogens with zero attached hydrogens (tertiary/aromatic N) is 4. The fraction of sp³-hybridized carbons (Fsp3) is 0.407. The molecule has 0 aliphatic carbocycles. The number of nitrogens with one attached hydrogen (secondary N) is 2. The topological polar surface area (TPSA) is 134 Å². The van der Waals surface area contributed by atoms with Crippen LogP contribution in [0.3, 0.4) is 0 Å². The highest BCUT2D eigenvalue weighted by atomic mass is 35.5. The summed E-state index contributed by atoms with van der Waals surface area (Å²) in [6.45, 7) is 0.148. The Morgan fingerprint density at radius 3 is 2.20 bits per heavy atom. The lowest BCUT2D eigenvalue weighted by Gasteiger charge is -2.27. The minimum atomic E-state index is -4.61. The van der Waals surface area contributed by atoms with Crippen molar-refractivity contribution in [3.63, 3.8) is 0 Å². The van der Waals surface area contributed by atoms with E-state index < -0.39 is 44.2 Å². The van der Waals surface area contributed by atoms with Gasteiger partial charge in [0.1, 0.15) is 0 Å². The fourth-order valence-corrected chi connectivity index (χ4v) is 8.23. The molecule has 0 spiro atoms. The molecule has 2 aromatic carbocycles. The van der Waals surface area contributed by atoms with E-state index in [2.05, 4.69) is 15.2 Å². The summed E-state index contributed by atoms with van der Waals surface area (Å²) < 4.78 is 95.2. The molecule has 1 aromatic heterocycles. The van der Waals surface area contributed by atoms with E-state index in [-0.39, 0.29) is 57.8 Å². The van der Waals surface area contributed by atoms with Crippen LogP contribution >= 0.6 is 23.2 Å². The Balaban J connectivity index is 1.62. The van der Waals surface area contributed by atoms with E-state index in [9.17, 15) is 34.8 Å². The van der Waals surface area contributed by atoms with Crippen LogP contribution in [-0.2, 0) is 32.8 Å². The van der Waals surface area contributed by atoms with Crippen LogP contribution in [0.15, 0.2) is 42.5 Å². The maximum Gasteiger partial charge on any atom is 0.416 e. The van der Waals surface area contributed by atoms with E-state index in [1.165, 1.54) is 35.0 Å². The van der Waals surface area contributed by atoms with Crippen molar-refractivity contribution < 1.29 is 34.8 Å². The van der Waals surface area contributed by atoms with Gasteiger partial charge in [-0.2, -0.15) is 35.7 Å². The molecule has 2 fully saturated rings. The smallest absolute Gasteiger partial charge is 0.283 e. The molecule has 3 aromatic rings. The van der Waals surface area contributed by atoms with Gasteiger partial charge < -0.3 is 0 Å². The number of carbonyl (C=O) groups is 1. The number of benzene rings is 2. The molecule has 0 saturated carbocycles. The van der Waals surface area contributed by atoms with Crippen molar-refractivity contribution in [2.45, 2.75) is 32.0 Å². The number of halogens is 5. The van der Waals surface area contributed by atoms with Gasteiger partial charge >= 0.3 is 6.18 Å². The zero-order valence-corrected chi connectivity index (χ0v) is 26.8. The summed E-state index contributed by atoms with van der Waals surface area (Å²) in [5, 5.41) is 6.65. The minimum Gasteiger partial charge on any atom is -0.283 e. The van der Waals surface area contributed by atoms with Crippen LogP contribution in [0.5, 0.6) is 0 Å². The zero-order chi connectivity index (χ0) is 32.6. The molecule has 18 heteroatoms. The van der Waals surface area contributed by atoms with Crippen molar-refractivity contribution in [1.82, 2.24) is 29.2 Å². The maximum absolute atomic E-state index is 13.7. The van der Waals surface area contributed by atoms with Crippen LogP contribution in [0, 0.1) is 0 Å². The molecule has 2 aliphatic heterocycles. The summed E-state index contributed by atoms with van der Waals surface area (Å²) in [6.07, 6.45) is -1.91.